The van der Waals surface area contributed by atoms with Gasteiger partial charge in [0, 0.05) is 0 Å². The fraction of sp³-hybridized carbons (Fsp3) is 0.667. The van der Waals surface area contributed by atoms with Crippen molar-refractivity contribution in [3.05, 3.63) is 10.1 Å². The molecule has 0 aromatic rings. The van der Waals surface area contributed by atoms with E-state index in [-0.39, 0.29) is 5.96 Å². The Bertz CT molecular complexity index is 179. The zero-order chi connectivity index (χ0) is 9.56. The van der Waals surface area contributed by atoms with E-state index in [2.05, 4.69) is 9.83 Å². The van der Waals surface area contributed by atoms with E-state index >= 15 is 0 Å². The molecule has 0 bridgehead atoms. The van der Waals surface area contributed by atoms with Gasteiger partial charge < -0.3 is 5.73 Å². The number of hydroxylamine groups is 1. The zero-order valence-electron chi connectivity index (χ0n) is 6.14. The minimum Gasteiger partial charge on any atom is -0.368 e. The first kappa shape index (κ1) is 10.6. The minimum atomic E-state index is -0.975. The first-order valence-electron chi connectivity index (χ1n) is 2.86. The molecule has 0 radical (unpaired) electrons. The number of nitro groups is 1. The van der Waals surface area contributed by atoms with Crippen LogP contribution in [0.25, 0.3) is 0 Å². The fourth-order valence-corrected chi connectivity index (χ4v) is 0.346. The van der Waals surface area contributed by atoms with E-state index in [1.165, 1.54) is 0 Å². The normalized spacial score (nSPS) is 11.8. The number of hydrogen-bond donors (Lipinski definition) is 4. The first-order valence-corrected chi connectivity index (χ1v) is 2.86. The van der Waals surface area contributed by atoms with Crippen LogP contribution in [0.1, 0.15) is 0 Å². The highest BCUT2D eigenvalue weighted by Crippen LogP contribution is 1.71. The molecule has 0 amide bonds. The summed E-state index contributed by atoms with van der Waals surface area (Å²) in [6, 6.07) is 0. The SMILES string of the molecule is NC(=NC(N)N)NOC[N+](=O)[O-]. The average Bonchev–Trinajstić information content (AvgIpc) is 1.84. The number of nitrogens with two attached hydrogens (primary N) is 3. The summed E-state index contributed by atoms with van der Waals surface area (Å²) in [6.45, 7) is -0.726. The topological polar surface area (TPSA) is 155 Å². The third kappa shape index (κ3) is 6.67. The molecular formula is C3H10N6O3. The molecule has 12 heavy (non-hydrogen) atoms. The van der Waals surface area contributed by atoms with Gasteiger partial charge in [-0.2, -0.15) is 0 Å². The van der Waals surface area contributed by atoms with E-state index in [0.29, 0.717) is 0 Å². The predicted octanol–water partition coefficient (Wildman–Crippen LogP) is -2.74. The molecule has 0 saturated heterocycles. The molecule has 70 valence electrons. The Labute approximate surface area is 67.7 Å². The molecule has 0 atom stereocenters. The van der Waals surface area contributed by atoms with Crippen molar-refractivity contribution in [3.63, 3.8) is 0 Å². The molecule has 0 aliphatic heterocycles. The van der Waals surface area contributed by atoms with E-state index in [1.54, 1.807) is 0 Å². The fourth-order valence-electron chi connectivity index (χ4n) is 0.346. The molecule has 0 fully saturated rings. The quantitative estimate of drug-likeness (QED) is 0.119. The van der Waals surface area contributed by atoms with Gasteiger partial charge in [0.25, 0.3) is 0 Å². The maximum atomic E-state index is 9.71. The maximum Gasteiger partial charge on any atom is 0.326 e. The summed E-state index contributed by atoms with van der Waals surface area (Å²) in [5.74, 6) is -0.216. The van der Waals surface area contributed by atoms with Crippen molar-refractivity contribution >= 4 is 5.96 Å². The van der Waals surface area contributed by atoms with Crippen molar-refractivity contribution in [1.82, 2.24) is 5.48 Å². The second kappa shape index (κ2) is 5.23. The highest BCUT2D eigenvalue weighted by atomic mass is 16.7. The van der Waals surface area contributed by atoms with Gasteiger partial charge in [0.15, 0.2) is 6.29 Å². The third-order valence-corrected chi connectivity index (χ3v) is 0.635. The molecule has 0 saturated carbocycles. The van der Waals surface area contributed by atoms with Gasteiger partial charge in [-0.05, 0) is 0 Å². The number of nitrogens with zero attached hydrogens (tertiary/aromatic N) is 2. The van der Waals surface area contributed by atoms with Gasteiger partial charge in [0.2, 0.25) is 5.96 Å². The van der Waals surface area contributed by atoms with Gasteiger partial charge in [-0.15, -0.1) is 0 Å². The molecule has 0 aromatic carbocycles. The molecule has 0 rings (SSSR count). The van der Waals surface area contributed by atoms with Gasteiger partial charge in [-0.1, -0.05) is 0 Å². The van der Waals surface area contributed by atoms with Crippen molar-refractivity contribution in [2.45, 2.75) is 6.29 Å². The van der Waals surface area contributed by atoms with Gasteiger partial charge in [0.05, 0.1) is 4.92 Å². The van der Waals surface area contributed by atoms with E-state index < -0.39 is 17.9 Å². The van der Waals surface area contributed by atoms with Gasteiger partial charge >= 0.3 is 6.73 Å². The number of rotatable bonds is 4. The van der Waals surface area contributed by atoms with Crippen LogP contribution in [0.5, 0.6) is 0 Å². The Kier molecular flexibility index (Phi) is 4.60. The van der Waals surface area contributed by atoms with Crippen LogP contribution in [-0.2, 0) is 4.84 Å². The molecule has 0 spiro atoms. The molecule has 7 N–H and O–H groups in total. The lowest BCUT2D eigenvalue weighted by Crippen LogP contribution is -2.38. The highest BCUT2D eigenvalue weighted by molar-refractivity contribution is 5.76. The van der Waals surface area contributed by atoms with Crippen LogP contribution in [0.4, 0.5) is 0 Å². The van der Waals surface area contributed by atoms with Crippen molar-refractivity contribution in [2.24, 2.45) is 22.2 Å². The summed E-state index contributed by atoms with van der Waals surface area (Å²) >= 11 is 0. The molecular weight excluding hydrogens is 168 g/mol. The van der Waals surface area contributed by atoms with Gasteiger partial charge in [0.1, 0.15) is 0 Å². The van der Waals surface area contributed by atoms with Crippen LogP contribution < -0.4 is 22.7 Å². The van der Waals surface area contributed by atoms with Gasteiger partial charge in [-0.3, -0.25) is 21.6 Å². The Morgan fingerprint density at radius 3 is 2.75 bits per heavy atom. The standard InChI is InChI=1S/C3H10N6O3/c4-2(5)7-3(6)8-12-1-9(10)11/h2H,1,4-5H2,(H3,6,7,8). The Hall–Kier alpha value is -1.45. The lowest BCUT2D eigenvalue weighted by atomic mass is 10.9. The van der Waals surface area contributed by atoms with Crippen molar-refractivity contribution in [2.75, 3.05) is 6.73 Å². The number of aliphatic imine (C=N–C) groups is 1. The average molecular weight is 178 g/mol. The summed E-state index contributed by atoms with van der Waals surface area (Å²) in [6.07, 6.45) is -0.975. The van der Waals surface area contributed by atoms with Gasteiger partial charge in [-0.25, -0.2) is 15.3 Å². The van der Waals surface area contributed by atoms with E-state index in [0.717, 1.165) is 0 Å². The van der Waals surface area contributed by atoms with Crippen LogP contribution in [0.3, 0.4) is 0 Å². The molecule has 9 heteroatoms. The third-order valence-electron chi connectivity index (χ3n) is 0.635. The second-order valence-electron chi connectivity index (χ2n) is 1.71. The van der Waals surface area contributed by atoms with E-state index in [9.17, 15) is 10.1 Å². The highest BCUT2D eigenvalue weighted by Gasteiger charge is 1.97. The zero-order valence-corrected chi connectivity index (χ0v) is 6.14. The molecule has 0 aliphatic rings. The van der Waals surface area contributed by atoms with Crippen LogP contribution in [-0.4, -0.2) is 23.9 Å². The summed E-state index contributed by atoms with van der Waals surface area (Å²) in [4.78, 5) is 16.6. The molecule has 0 unspecified atom stereocenters. The van der Waals surface area contributed by atoms with Crippen molar-refractivity contribution in [1.29, 1.82) is 0 Å². The minimum absolute atomic E-state index is 0.216. The lowest BCUT2D eigenvalue weighted by molar-refractivity contribution is -0.530. The maximum absolute atomic E-state index is 9.71. The van der Waals surface area contributed by atoms with E-state index in [1.807, 2.05) is 5.48 Å². The Morgan fingerprint density at radius 2 is 2.33 bits per heavy atom. The monoisotopic (exact) mass is 178 g/mol. The van der Waals surface area contributed by atoms with Crippen LogP contribution in [0, 0.1) is 10.1 Å². The Balaban J connectivity index is 3.57. The van der Waals surface area contributed by atoms with Crippen molar-refractivity contribution < 1.29 is 9.76 Å². The lowest BCUT2D eigenvalue weighted by Gasteiger charge is -2.03. The molecule has 0 heterocycles. The first-order chi connectivity index (χ1) is 5.52. The van der Waals surface area contributed by atoms with E-state index in [4.69, 9.17) is 17.2 Å². The number of hydrogen-bond acceptors (Lipinski definition) is 6. The molecule has 0 aliphatic carbocycles. The van der Waals surface area contributed by atoms with Crippen molar-refractivity contribution in [3.8, 4) is 0 Å². The second-order valence-corrected chi connectivity index (χ2v) is 1.71. The van der Waals surface area contributed by atoms with Crippen LogP contribution in [0.2, 0.25) is 0 Å². The molecule has 9 nitrogen and oxygen atoms in total. The number of nitrogens with one attached hydrogen (secondary N) is 1. The number of guanidine groups is 1. The summed E-state index contributed by atoms with van der Waals surface area (Å²) in [5, 5.41) is 9.71. The Morgan fingerprint density at radius 1 is 1.75 bits per heavy atom. The van der Waals surface area contributed by atoms with Crippen LogP contribution in [0.15, 0.2) is 4.99 Å². The predicted molar refractivity (Wildman–Crippen MR) is 39.9 cm³/mol. The molecule has 0 aromatic heterocycles. The van der Waals surface area contributed by atoms with Crippen LogP contribution >= 0.6 is 0 Å². The summed E-state index contributed by atoms with van der Waals surface area (Å²) in [7, 11) is 0. The smallest absolute Gasteiger partial charge is 0.326 e. The largest absolute Gasteiger partial charge is 0.368 e. The summed E-state index contributed by atoms with van der Waals surface area (Å²) in [5.41, 5.74) is 17.1. The summed E-state index contributed by atoms with van der Waals surface area (Å²) < 4.78 is 0.